The van der Waals surface area contributed by atoms with Gasteiger partial charge in [0.15, 0.2) is 0 Å². The van der Waals surface area contributed by atoms with E-state index in [9.17, 15) is 0 Å². The summed E-state index contributed by atoms with van der Waals surface area (Å²) < 4.78 is 6.16. The van der Waals surface area contributed by atoms with E-state index < -0.39 is 0 Å². The molecule has 0 aliphatic rings. The highest BCUT2D eigenvalue weighted by Crippen LogP contribution is 2.29. The average molecular weight is 331 g/mol. The number of anilines is 1. The molecule has 0 bridgehead atoms. The van der Waals surface area contributed by atoms with E-state index in [4.69, 9.17) is 10.00 Å². The van der Waals surface area contributed by atoms with E-state index in [1.807, 2.05) is 30.3 Å². The Morgan fingerprint density at radius 3 is 2.45 bits per heavy atom. The summed E-state index contributed by atoms with van der Waals surface area (Å²) in [7, 11) is 1.65. The molecule has 1 unspecified atom stereocenters. The monoisotopic (exact) mass is 330 g/mol. The molecule has 3 nitrogen and oxygen atoms in total. The number of benzene rings is 2. The molecule has 0 heterocycles. The quantitative estimate of drug-likeness (QED) is 0.897. The molecule has 2 rings (SSSR count). The SMILES string of the molecule is COc1ccc(C(C)Nc2ccc(C#N)cc2)cc1Br. The summed E-state index contributed by atoms with van der Waals surface area (Å²) in [5.41, 5.74) is 2.81. The van der Waals surface area contributed by atoms with E-state index in [-0.39, 0.29) is 6.04 Å². The van der Waals surface area contributed by atoms with Crippen molar-refractivity contribution in [1.29, 1.82) is 5.26 Å². The molecule has 0 aromatic heterocycles. The molecule has 0 aliphatic carbocycles. The van der Waals surface area contributed by atoms with Gasteiger partial charge in [0, 0.05) is 11.7 Å². The maximum Gasteiger partial charge on any atom is 0.133 e. The van der Waals surface area contributed by atoms with Gasteiger partial charge in [-0.05, 0) is 64.8 Å². The number of hydrogen-bond donors (Lipinski definition) is 1. The zero-order valence-electron chi connectivity index (χ0n) is 11.4. The van der Waals surface area contributed by atoms with Crippen LogP contribution in [0, 0.1) is 11.3 Å². The average Bonchev–Trinajstić information content (AvgIpc) is 2.48. The van der Waals surface area contributed by atoms with Crippen molar-refractivity contribution in [2.45, 2.75) is 13.0 Å². The van der Waals surface area contributed by atoms with Crippen LogP contribution in [0.25, 0.3) is 0 Å². The smallest absolute Gasteiger partial charge is 0.133 e. The van der Waals surface area contributed by atoms with Crippen LogP contribution in [0.2, 0.25) is 0 Å². The Balaban J connectivity index is 2.13. The molecule has 0 spiro atoms. The second-order valence-electron chi connectivity index (χ2n) is 4.45. The largest absolute Gasteiger partial charge is 0.496 e. The lowest BCUT2D eigenvalue weighted by atomic mass is 10.1. The Morgan fingerprint density at radius 2 is 1.90 bits per heavy atom. The number of nitriles is 1. The van der Waals surface area contributed by atoms with Crippen molar-refractivity contribution < 1.29 is 4.74 Å². The second kappa shape index (κ2) is 6.44. The van der Waals surface area contributed by atoms with Gasteiger partial charge in [-0.1, -0.05) is 6.07 Å². The fourth-order valence-electron chi connectivity index (χ4n) is 1.93. The van der Waals surface area contributed by atoms with Crippen LogP contribution in [0.4, 0.5) is 5.69 Å². The van der Waals surface area contributed by atoms with Gasteiger partial charge in [-0.2, -0.15) is 5.26 Å². The predicted molar refractivity (Wildman–Crippen MR) is 83.9 cm³/mol. The van der Waals surface area contributed by atoms with Gasteiger partial charge in [0.05, 0.1) is 23.2 Å². The van der Waals surface area contributed by atoms with Crippen LogP contribution in [-0.2, 0) is 0 Å². The van der Waals surface area contributed by atoms with E-state index in [1.165, 1.54) is 0 Å². The molecule has 0 fully saturated rings. The first kappa shape index (κ1) is 14.4. The fourth-order valence-corrected chi connectivity index (χ4v) is 2.48. The lowest BCUT2D eigenvalue weighted by Crippen LogP contribution is -2.06. The molecular weight excluding hydrogens is 316 g/mol. The molecular formula is C16H15BrN2O. The summed E-state index contributed by atoms with van der Waals surface area (Å²) in [5, 5.41) is 12.2. The first-order valence-electron chi connectivity index (χ1n) is 6.24. The Morgan fingerprint density at radius 1 is 1.20 bits per heavy atom. The summed E-state index contributed by atoms with van der Waals surface area (Å²) in [6, 6.07) is 15.7. The highest BCUT2D eigenvalue weighted by atomic mass is 79.9. The number of ether oxygens (including phenoxy) is 1. The van der Waals surface area contributed by atoms with Gasteiger partial charge in [0.2, 0.25) is 0 Å². The van der Waals surface area contributed by atoms with Gasteiger partial charge in [-0.15, -0.1) is 0 Å². The number of methoxy groups -OCH3 is 1. The Hall–Kier alpha value is -1.99. The van der Waals surface area contributed by atoms with Gasteiger partial charge < -0.3 is 10.1 Å². The molecule has 2 aromatic rings. The minimum Gasteiger partial charge on any atom is -0.496 e. The first-order chi connectivity index (χ1) is 9.63. The first-order valence-corrected chi connectivity index (χ1v) is 7.03. The molecule has 0 saturated heterocycles. The lowest BCUT2D eigenvalue weighted by molar-refractivity contribution is 0.412. The van der Waals surface area contributed by atoms with E-state index in [0.29, 0.717) is 5.56 Å². The van der Waals surface area contributed by atoms with E-state index in [2.05, 4.69) is 34.2 Å². The summed E-state index contributed by atoms with van der Waals surface area (Å²) in [4.78, 5) is 0. The standard InChI is InChI=1S/C16H15BrN2O/c1-11(13-5-8-16(20-2)15(17)9-13)19-14-6-3-12(10-18)4-7-14/h3-9,11,19H,1-2H3. The second-order valence-corrected chi connectivity index (χ2v) is 5.30. The molecule has 2 aromatic carbocycles. The minimum absolute atomic E-state index is 0.158. The Kier molecular flexibility index (Phi) is 4.65. The van der Waals surface area contributed by atoms with Crippen LogP contribution in [-0.4, -0.2) is 7.11 Å². The van der Waals surface area contributed by atoms with E-state index in [1.54, 1.807) is 19.2 Å². The maximum absolute atomic E-state index is 8.78. The molecule has 102 valence electrons. The number of rotatable bonds is 4. The molecule has 4 heteroatoms. The number of nitrogens with one attached hydrogen (secondary N) is 1. The van der Waals surface area contributed by atoms with Crippen molar-refractivity contribution in [3.63, 3.8) is 0 Å². The molecule has 0 amide bonds. The Labute approximate surface area is 127 Å². The molecule has 0 aliphatic heterocycles. The highest BCUT2D eigenvalue weighted by molar-refractivity contribution is 9.10. The topological polar surface area (TPSA) is 45.0 Å². The molecule has 1 atom stereocenters. The van der Waals surface area contributed by atoms with Crippen LogP contribution in [0.3, 0.4) is 0 Å². The van der Waals surface area contributed by atoms with E-state index >= 15 is 0 Å². The normalized spacial score (nSPS) is 11.5. The third kappa shape index (κ3) is 3.31. The third-order valence-electron chi connectivity index (χ3n) is 3.07. The van der Waals surface area contributed by atoms with Crippen molar-refractivity contribution in [2.75, 3.05) is 12.4 Å². The number of halogens is 1. The predicted octanol–water partition coefficient (Wildman–Crippen LogP) is 4.50. The van der Waals surface area contributed by atoms with Crippen molar-refractivity contribution in [1.82, 2.24) is 0 Å². The molecule has 0 radical (unpaired) electrons. The van der Waals surface area contributed by atoms with Gasteiger partial charge >= 0.3 is 0 Å². The van der Waals surface area contributed by atoms with Gasteiger partial charge in [0.25, 0.3) is 0 Å². The lowest BCUT2D eigenvalue weighted by Gasteiger charge is -2.17. The Bertz CT molecular complexity index is 632. The van der Waals surface area contributed by atoms with Crippen LogP contribution >= 0.6 is 15.9 Å². The maximum atomic E-state index is 8.78. The fraction of sp³-hybridized carbons (Fsp3) is 0.188. The van der Waals surface area contributed by atoms with Crippen LogP contribution in [0.15, 0.2) is 46.9 Å². The van der Waals surface area contributed by atoms with E-state index in [0.717, 1.165) is 21.5 Å². The number of hydrogen-bond acceptors (Lipinski definition) is 3. The summed E-state index contributed by atoms with van der Waals surface area (Å²) in [6.45, 7) is 2.09. The summed E-state index contributed by atoms with van der Waals surface area (Å²) in [6.07, 6.45) is 0. The zero-order chi connectivity index (χ0) is 14.5. The molecule has 0 saturated carbocycles. The minimum atomic E-state index is 0.158. The third-order valence-corrected chi connectivity index (χ3v) is 3.69. The van der Waals surface area contributed by atoms with Crippen molar-refractivity contribution in [2.24, 2.45) is 0 Å². The highest BCUT2D eigenvalue weighted by Gasteiger charge is 2.08. The zero-order valence-corrected chi connectivity index (χ0v) is 12.9. The van der Waals surface area contributed by atoms with Gasteiger partial charge in [0.1, 0.15) is 5.75 Å². The van der Waals surface area contributed by atoms with Crippen LogP contribution in [0.5, 0.6) is 5.75 Å². The van der Waals surface area contributed by atoms with Gasteiger partial charge in [-0.25, -0.2) is 0 Å². The van der Waals surface area contributed by atoms with Crippen LogP contribution in [0.1, 0.15) is 24.1 Å². The molecule has 20 heavy (non-hydrogen) atoms. The summed E-state index contributed by atoms with van der Waals surface area (Å²) >= 11 is 3.49. The van der Waals surface area contributed by atoms with Crippen molar-refractivity contribution >= 4 is 21.6 Å². The van der Waals surface area contributed by atoms with Crippen molar-refractivity contribution in [3.05, 3.63) is 58.1 Å². The van der Waals surface area contributed by atoms with Gasteiger partial charge in [-0.3, -0.25) is 0 Å². The number of nitrogens with zero attached hydrogens (tertiary/aromatic N) is 1. The summed E-state index contributed by atoms with van der Waals surface area (Å²) in [5.74, 6) is 0.819. The molecule has 1 N–H and O–H groups in total. The van der Waals surface area contributed by atoms with Crippen LogP contribution < -0.4 is 10.1 Å². The van der Waals surface area contributed by atoms with Crippen molar-refractivity contribution in [3.8, 4) is 11.8 Å².